The number of ether oxygens (including phenoxy) is 1. The molecule has 1 aromatic heterocycles. The molecule has 0 unspecified atom stereocenters. The summed E-state index contributed by atoms with van der Waals surface area (Å²) in [7, 11) is 0. The highest BCUT2D eigenvalue weighted by molar-refractivity contribution is 5.91. The van der Waals surface area contributed by atoms with Crippen molar-refractivity contribution in [2.24, 2.45) is 0 Å². The Labute approximate surface area is 123 Å². The normalized spacial score (nSPS) is 10.8. The van der Waals surface area contributed by atoms with Gasteiger partial charge in [0.25, 0.3) is 5.91 Å². The second-order valence-electron chi connectivity index (χ2n) is 4.98. The van der Waals surface area contributed by atoms with E-state index in [1.165, 1.54) is 0 Å². The fourth-order valence-electron chi connectivity index (χ4n) is 2.31. The van der Waals surface area contributed by atoms with E-state index in [0.29, 0.717) is 11.6 Å². The van der Waals surface area contributed by atoms with Crippen LogP contribution in [0.15, 0.2) is 48.5 Å². The third-order valence-electron chi connectivity index (χ3n) is 3.36. The van der Waals surface area contributed by atoms with Crippen LogP contribution in [0.1, 0.15) is 16.2 Å². The van der Waals surface area contributed by atoms with Crippen molar-refractivity contribution in [1.29, 1.82) is 0 Å². The zero-order valence-corrected chi connectivity index (χ0v) is 12.0. The van der Waals surface area contributed by atoms with Crippen molar-refractivity contribution < 1.29 is 9.53 Å². The Morgan fingerprint density at radius 1 is 1.10 bits per heavy atom. The molecule has 0 spiro atoms. The second kappa shape index (κ2) is 5.40. The topological polar surface area (TPSA) is 44.1 Å². The molecule has 0 N–H and O–H groups in total. The Morgan fingerprint density at radius 2 is 1.81 bits per heavy atom. The molecule has 0 aliphatic carbocycles. The zero-order chi connectivity index (χ0) is 14.8. The van der Waals surface area contributed by atoms with Crippen LogP contribution < -0.4 is 4.74 Å². The molecule has 0 bridgehead atoms. The van der Waals surface area contributed by atoms with E-state index >= 15 is 0 Å². The third-order valence-corrected chi connectivity index (χ3v) is 3.36. The highest BCUT2D eigenvalue weighted by atomic mass is 16.5. The number of hydrogen-bond acceptors (Lipinski definition) is 3. The lowest BCUT2D eigenvalue weighted by molar-refractivity contribution is 0.0840. The predicted octanol–water partition coefficient (Wildman–Crippen LogP) is 3.37. The van der Waals surface area contributed by atoms with E-state index in [0.717, 1.165) is 16.6 Å². The van der Waals surface area contributed by atoms with Gasteiger partial charge in [0.1, 0.15) is 11.6 Å². The first-order valence-electron chi connectivity index (χ1n) is 6.82. The molecule has 1 heterocycles. The number of para-hydroxylation sites is 2. The van der Waals surface area contributed by atoms with Gasteiger partial charge in [0, 0.05) is 0 Å². The van der Waals surface area contributed by atoms with Crippen LogP contribution in [-0.4, -0.2) is 22.1 Å². The SMILES string of the molecule is Cc1ccc(OCC(=O)n2c(C)nc3ccccc32)cc1. The number of fused-ring (bicyclic) bond motifs is 1. The lowest BCUT2D eigenvalue weighted by atomic mass is 10.2. The molecule has 0 radical (unpaired) electrons. The molecule has 0 saturated heterocycles. The van der Waals surface area contributed by atoms with Crippen molar-refractivity contribution in [3.8, 4) is 5.75 Å². The summed E-state index contributed by atoms with van der Waals surface area (Å²) < 4.78 is 7.15. The molecular weight excluding hydrogens is 264 g/mol. The first-order valence-corrected chi connectivity index (χ1v) is 6.82. The monoisotopic (exact) mass is 280 g/mol. The lowest BCUT2D eigenvalue weighted by Gasteiger charge is -2.08. The van der Waals surface area contributed by atoms with E-state index in [4.69, 9.17) is 4.74 Å². The fourth-order valence-corrected chi connectivity index (χ4v) is 2.31. The number of carbonyl (C=O) groups is 1. The molecule has 2 aromatic carbocycles. The van der Waals surface area contributed by atoms with Crippen molar-refractivity contribution in [3.05, 3.63) is 59.9 Å². The molecule has 3 aromatic rings. The van der Waals surface area contributed by atoms with Gasteiger partial charge in [-0.2, -0.15) is 0 Å². The van der Waals surface area contributed by atoms with E-state index in [1.54, 1.807) is 4.57 Å². The number of imidazole rings is 1. The number of carbonyl (C=O) groups excluding carboxylic acids is 1. The molecule has 0 amide bonds. The molecule has 0 aliphatic rings. The smallest absolute Gasteiger partial charge is 0.270 e. The second-order valence-corrected chi connectivity index (χ2v) is 4.98. The fraction of sp³-hybridized carbons (Fsp3) is 0.176. The van der Waals surface area contributed by atoms with Crippen LogP contribution >= 0.6 is 0 Å². The van der Waals surface area contributed by atoms with Crippen LogP contribution in [0.4, 0.5) is 0 Å². The minimum absolute atomic E-state index is 0.00967. The summed E-state index contributed by atoms with van der Waals surface area (Å²) in [4.78, 5) is 16.8. The maximum atomic E-state index is 12.4. The van der Waals surface area contributed by atoms with Gasteiger partial charge >= 0.3 is 0 Å². The van der Waals surface area contributed by atoms with Crippen molar-refractivity contribution in [2.45, 2.75) is 13.8 Å². The van der Waals surface area contributed by atoms with Gasteiger partial charge in [-0.05, 0) is 38.1 Å². The van der Waals surface area contributed by atoms with Gasteiger partial charge in [-0.15, -0.1) is 0 Å². The molecule has 0 fully saturated rings. The number of aromatic nitrogens is 2. The van der Waals surface area contributed by atoms with Crippen LogP contribution in [0.2, 0.25) is 0 Å². The van der Waals surface area contributed by atoms with Crippen molar-refractivity contribution >= 4 is 16.9 Å². The maximum absolute atomic E-state index is 12.4. The van der Waals surface area contributed by atoms with Crippen molar-refractivity contribution in [3.63, 3.8) is 0 Å². The molecule has 3 rings (SSSR count). The Kier molecular flexibility index (Phi) is 3.44. The van der Waals surface area contributed by atoms with E-state index < -0.39 is 0 Å². The molecule has 21 heavy (non-hydrogen) atoms. The standard InChI is InChI=1S/C17H16N2O2/c1-12-7-9-14(10-8-12)21-11-17(20)19-13(2)18-15-5-3-4-6-16(15)19/h3-10H,11H2,1-2H3. The first-order chi connectivity index (χ1) is 10.1. The van der Waals surface area contributed by atoms with Gasteiger partial charge < -0.3 is 4.74 Å². The molecular formula is C17H16N2O2. The van der Waals surface area contributed by atoms with Crippen LogP contribution in [0.5, 0.6) is 5.75 Å². The minimum atomic E-state index is -0.123. The zero-order valence-electron chi connectivity index (χ0n) is 12.0. The summed E-state index contributed by atoms with van der Waals surface area (Å²) >= 11 is 0. The number of rotatable bonds is 3. The van der Waals surface area contributed by atoms with E-state index in [-0.39, 0.29) is 12.5 Å². The molecule has 0 aliphatic heterocycles. The molecule has 4 nitrogen and oxygen atoms in total. The Bertz CT molecular complexity index is 788. The van der Waals surface area contributed by atoms with Crippen LogP contribution in [-0.2, 0) is 0 Å². The summed E-state index contributed by atoms with van der Waals surface area (Å²) in [6.45, 7) is 3.82. The number of benzene rings is 2. The summed E-state index contributed by atoms with van der Waals surface area (Å²) in [5, 5.41) is 0. The molecule has 106 valence electrons. The maximum Gasteiger partial charge on any atom is 0.270 e. The van der Waals surface area contributed by atoms with Crippen molar-refractivity contribution in [2.75, 3.05) is 6.61 Å². The van der Waals surface area contributed by atoms with Crippen LogP contribution in [0.25, 0.3) is 11.0 Å². The molecule has 0 atom stereocenters. The number of nitrogens with zero attached hydrogens (tertiary/aromatic N) is 2. The summed E-state index contributed by atoms with van der Waals surface area (Å²) in [6.07, 6.45) is 0. The Hall–Kier alpha value is -2.62. The van der Waals surface area contributed by atoms with Gasteiger partial charge in [0.05, 0.1) is 11.0 Å². The van der Waals surface area contributed by atoms with Gasteiger partial charge in [-0.25, -0.2) is 4.98 Å². The Balaban J connectivity index is 1.81. The Morgan fingerprint density at radius 3 is 2.57 bits per heavy atom. The summed E-state index contributed by atoms with van der Waals surface area (Å²) in [5.74, 6) is 1.24. The van der Waals surface area contributed by atoms with Crippen LogP contribution in [0.3, 0.4) is 0 Å². The predicted molar refractivity (Wildman–Crippen MR) is 81.8 cm³/mol. The van der Waals surface area contributed by atoms with Crippen LogP contribution in [0, 0.1) is 13.8 Å². The van der Waals surface area contributed by atoms with Gasteiger partial charge in [-0.1, -0.05) is 29.8 Å². The van der Waals surface area contributed by atoms with Gasteiger partial charge in [-0.3, -0.25) is 9.36 Å². The largest absolute Gasteiger partial charge is 0.484 e. The highest BCUT2D eigenvalue weighted by Crippen LogP contribution is 2.16. The first kappa shape index (κ1) is 13.4. The third kappa shape index (κ3) is 2.65. The lowest BCUT2D eigenvalue weighted by Crippen LogP contribution is -2.20. The summed E-state index contributed by atoms with van der Waals surface area (Å²) in [5.41, 5.74) is 2.79. The average molecular weight is 280 g/mol. The number of hydrogen-bond donors (Lipinski definition) is 0. The number of aryl methyl sites for hydroxylation is 2. The summed E-state index contributed by atoms with van der Waals surface area (Å²) in [6, 6.07) is 15.2. The van der Waals surface area contributed by atoms with E-state index in [9.17, 15) is 4.79 Å². The molecule has 4 heteroatoms. The minimum Gasteiger partial charge on any atom is -0.484 e. The van der Waals surface area contributed by atoms with E-state index in [2.05, 4.69) is 4.98 Å². The van der Waals surface area contributed by atoms with Gasteiger partial charge in [0.15, 0.2) is 6.61 Å². The molecule has 0 saturated carbocycles. The van der Waals surface area contributed by atoms with Crippen molar-refractivity contribution in [1.82, 2.24) is 9.55 Å². The highest BCUT2D eigenvalue weighted by Gasteiger charge is 2.14. The van der Waals surface area contributed by atoms with Gasteiger partial charge in [0.2, 0.25) is 0 Å². The van der Waals surface area contributed by atoms with E-state index in [1.807, 2.05) is 62.4 Å². The quantitative estimate of drug-likeness (QED) is 0.738. The average Bonchev–Trinajstić information content (AvgIpc) is 2.82.